The topological polar surface area (TPSA) is 63.6 Å². The normalized spacial score (nSPS) is 15.0. The Morgan fingerprint density at radius 2 is 1.81 bits per heavy atom. The summed E-state index contributed by atoms with van der Waals surface area (Å²) >= 11 is 0. The summed E-state index contributed by atoms with van der Waals surface area (Å²) in [7, 11) is 1.35. The first-order valence-electron chi connectivity index (χ1n) is 7.24. The monoisotopic (exact) mass is 292 g/mol. The largest absolute Gasteiger partial charge is 0.469 e. The molecule has 0 amide bonds. The molecule has 0 aliphatic heterocycles. The molecule has 0 spiro atoms. The van der Waals surface area contributed by atoms with Crippen molar-refractivity contribution < 1.29 is 19.4 Å². The molecule has 0 radical (unpaired) electrons. The van der Waals surface area contributed by atoms with Gasteiger partial charge in [0.05, 0.1) is 7.11 Å². The van der Waals surface area contributed by atoms with Crippen LogP contribution in [0.15, 0.2) is 30.3 Å². The third-order valence-electron chi connectivity index (χ3n) is 4.05. The minimum absolute atomic E-state index is 0.132. The van der Waals surface area contributed by atoms with Crippen molar-refractivity contribution in [1.29, 1.82) is 0 Å². The molecule has 4 heteroatoms. The van der Waals surface area contributed by atoms with Gasteiger partial charge in [0.25, 0.3) is 0 Å². The van der Waals surface area contributed by atoms with Crippen LogP contribution >= 0.6 is 0 Å². The molecule has 0 aliphatic carbocycles. The van der Waals surface area contributed by atoms with Crippen LogP contribution < -0.4 is 0 Å². The highest BCUT2D eigenvalue weighted by Crippen LogP contribution is 2.30. The number of carbonyl (C=O) groups is 2. The average molecular weight is 292 g/mol. The first-order valence-corrected chi connectivity index (χ1v) is 7.24. The van der Waals surface area contributed by atoms with Gasteiger partial charge >= 0.3 is 5.97 Å². The van der Waals surface area contributed by atoms with Gasteiger partial charge in [0.15, 0.2) is 5.78 Å². The van der Waals surface area contributed by atoms with Crippen molar-refractivity contribution in [2.45, 2.75) is 32.6 Å². The summed E-state index contributed by atoms with van der Waals surface area (Å²) in [5, 5.41) is 9.03. The maximum absolute atomic E-state index is 11.7. The molecule has 0 bridgehead atoms. The molecular formula is C17H24O4. The molecule has 3 atom stereocenters. The summed E-state index contributed by atoms with van der Waals surface area (Å²) < 4.78 is 4.72. The summed E-state index contributed by atoms with van der Waals surface area (Å²) in [5.74, 6) is -0.815. The van der Waals surface area contributed by atoms with E-state index in [-0.39, 0.29) is 35.9 Å². The number of methoxy groups -OCH3 is 1. The van der Waals surface area contributed by atoms with Crippen LogP contribution in [0.25, 0.3) is 0 Å². The molecule has 0 heterocycles. The molecule has 1 rings (SSSR count). The van der Waals surface area contributed by atoms with Crippen LogP contribution in [-0.4, -0.2) is 30.6 Å². The molecule has 0 saturated carbocycles. The molecule has 21 heavy (non-hydrogen) atoms. The average Bonchev–Trinajstić information content (AvgIpc) is 2.53. The number of hydrogen-bond acceptors (Lipinski definition) is 4. The number of esters is 1. The molecule has 1 aromatic carbocycles. The molecule has 4 nitrogen and oxygen atoms in total. The second kappa shape index (κ2) is 8.57. The Kier molecular flexibility index (Phi) is 7.09. The maximum Gasteiger partial charge on any atom is 0.305 e. The molecule has 0 aliphatic rings. The third-order valence-corrected chi connectivity index (χ3v) is 4.05. The van der Waals surface area contributed by atoms with Crippen LogP contribution in [0.5, 0.6) is 0 Å². The van der Waals surface area contributed by atoms with Crippen LogP contribution in [-0.2, 0) is 14.3 Å². The predicted molar refractivity (Wildman–Crippen MR) is 80.9 cm³/mol. The summed E-state index contributed by atoms with van der Waals surface area (Å²) in [6, 6.07) is 9.99. The lowest BCUT2D eigenvalue weighted by Gasteiger charge is -2.25. The standard InChI is InChI=1S/C17H24O4/c1-12(14-7-5-4-6-8-14)9-15(10-17(20)21-3)13(2)16(19)11-18/h4-8,12-13,15,18H,9-11H2,1-3H3/t12?,13-,15?/m1/s1. The van der Waals surface area contributed by atoms with Gasteiger partial charge in [-0.05, 0) is 23.8 Å². The number of carbonyl (C=O) groups excluding carboxylic acids is 2. The van der Waals surface area contributed by atoms with Gasteiger partial charge in [0.2, 0.25) is 0 Å². The fourth-order valence-electron chi connectivity index (χ4n) is 2.54. The zero-order chi connectivity index (χ0) is 15.8. The zero-order valence-electron chi connectivity index (χ0n) is 12.9. The van der Waals surface area contributed by atoms with Crippen molar-refractivity contribution in [2.75, 3.05) is 13.7 Å². The quantitative estimate of drug-likeness (QED) is 0.748. The number of ether oxygens (including phenoxy) is 1. The van der Waals surface area contributed by atoms with Gasteiger partial charge in [-0.3, -0.25) is 9.59 Å². The predicted octanol–water partition coefficient (Wildman–Crippen LogP) is 2.56. The lowest BCUT2D eigenvalue weighted by Crippen LogP contribution is -2.27. The molecule has 1 aromatic rings. The Labute approximate surface area is 126 Å². The summed E-state index contributed by atoms with van der Waals surface area (Å²) in [6.45, 7) is 3.36. The van der Waals surface area contributed by atoms with E-state index in [4.69, 9.17) is 9.84 Å². The minimum atomic E-state index is -0.488. The molecule has 116 valence electrons. The fraction of sp³-hybridized carbons (Fsp3) is 0.529. The van der Waals surface area contributed by atoms with Crippen molar-refractivity contribution in [2.24, 2.45) is 11.8 Å². The van der Waals surface area contributed by atoms with E-state index in [1.807, 2.05) is 30.3 Å². The van der Waals surface area contributed by atoms with Crippen molar-refractivity contribution in [3.63, 3.8) is 0 Å². The highest BCUT2D eigenvalue weighted by atomic mass is 16.5. The van der Waals surface area contributed by atoms with Gasteiger partial charge in [-0.2, -0.15) is 0 Å². The van der Waals surface area contributed by atoms with Crippen molar-refractivity contribution in [3.05, 3.63) is 35.9 Å². The van der Waals surface area contributed by atoms with Gasteiger partial charge in [0, 0.05) is 12.3 Å². The first kappa shape index (κ1) is 17.4. The molecule has 2 unspecified atom stereocenters. The number of Topliss-reactive ketones (excluding diaryl/α,β-unsaturated/α-hetero) is 1. The Hall–Kier alpha value is -1.68. The Balaban J connectivity index is 2.81. The lowest BCUT2D eigenvalue weighted by molar-refractivity contribution is -0.142. The van der Waals surface area contributed by atoms with E-state index >= 15 is 0 Å². The second-order valence-corrected chi connectivity index (χ2v) is 5.50. The molecule has 0 fully saturated rings. The van der Waals surface area contributed by atoms with Crippen LogP contribution in [0.4, 0.5) is 0 Å². The lowest BCUT2D eigenvalue weighted by atomic mass is 9.80. The Morgan fingerprint density at radius 3 is 2.33 bits per heavy atom. The fourth-order valence-corrected chi connectivity index (χ4v) is 2.54. The van der Waals surface area contributed by atoms with Crippen LogP contribution in [0, 0.1) is 11.8 Å². The van der Waals surface area contributed by atoms with E-state index < -0.39 is 6.61 Å². The smallest absolute Gasteiger partial charge is 0.305 e. The van der Waals surface area contributed by atoms with E-state index in [0.717, 1.165) is 0 Å². The third kappa shape index (κ3) is 5.31. The van der Waals surface area contributed by atoms with Gasteiger partial charge in [-0.25, -0.2) is 0 Å². The SMILES string of the molecule is COC(=O)CC(CC(C)c1ccccc1)[C@@H](C)C(=O)CO. The van der Waals surface area contributed by atoms with E-state index in [1.165, 1.54) is 12.7 Å². The van der Waals surface area contributed by atoms with E-state index in [2.05, 4.69) is 6.92 Å². The maximum atomic E-state index is 11.7. The number of rotatable bonds is 8. The molecule has 0 aromatic heterocycles. The molecule has 1 N–H and O–H groups in total. The summed E-state index contributed by atoms with van der Waals surface area (Å²) in [5.41, 5.74) is 1.18. The zero-order valence-corrected chi connectivity index (χ0v) is 12.9. The number of aliphatic hydroxyl groups is 1. The number of aliphatic hydroxyl groups excluding tert-OH is 1. The number of benzene rings is 1. The van der Waals surface area contributed by atoms with Crippen LogP contribution in [0.3, 0.4) is 0 Å². The number of ketones is 1. The number of hydrogen-bond donors (Lipinski definition) is 1. The Morgan fingerprint density at radius 1 is 1.19 bits per heavy atom. The molecule has 0 saturated heterocycles. The summed E-state index contributed by atoms with van der Waals surface area (Å²) in [6.07, 6.45) is 0.895. The van der Waals surface area contributed by atoms with E-state index in [1.54, 1.807) is 6.92 Å². The van der Waals surface area contributed by atoms with Crippen LogP contribution in [0.1, 0.15) is 38.2 Å². The van der Waals surface area contributed by atoms with Gasteiger partial charge in [0.1, 0.15) is 6.61 Å². The van der Waals surface area contributed by atoms with Crippen molar-refractivity contribution in [1.82, 2.24) is 0 Å². The van der Waals surface area contributed by atoms with Crippen molar-refractivity contribution in [3.8, 4) is 0 Å². The van der Waals surface area contributed by atoms with Crippen LogP contribution in [0.2, 0.25) is 0 Å². The highest BCUT2D eigenvalue weighted by molar-refractivity contribution is 5.82. The first-order chi connectivity index (χ1) is 9.99. The van der Waals surface area contributed by atoms with E-state index in [0.29, 0.717) is 6.42 Å². The van der Waals surface area contributed by atoms with Crippen molar-refractivity contribution >= 4 is 11.8 Å². The highest BCUT2D eigenvalue weighted by Gasteiger charge is 2.27. The summed E-state index contributed by atoms with van der Waals surface area (Å²) in [4.78, 5) is 23.3. The van der Waals surface area contributed by atoms with Gasteiger partial charge < -0.3 is 9.84 Å². The second-order valence-electron chi connectivity index (χ2n) is 5.50. The molecular weight excluding hydrogens is 268 g/mol. The van der Waals surface area contributed by atoms with Gasteiger partial charge in [-0.15, -0.1) is 0 Å². The van der Waals surface area contributed by atoms with E-state index in [9.17, 15) is 9.59 Å². The Bertz CT molecular complexity index is 455. The minimum Gasteiger partial charge on any atom is -0.469 e. The van der Waals surface area contributed by atoms with Gasteiger partial charge in [-0.1, -0.05) is 44.2 Å².